The normalized spacial score (nSPS) is 23.5. The summed E-state index contributed by atoms with van der Waals surface area (Å²) in [6.07, 6.45) is 6.54. The van der Waals surface area contributed by atoms with Crippen molar-refractivity contribution in [2.24, 2.45) is 5.92 Å². The Hall–Kier alpha value is -2.90. The predicted octanol–water partition coefficient (Wildman–Crippen LogP) is 3.93. The lowest BCUT2D eigenvalue weighted by Crippen LogP contribution is -2.29. The van der Waals surface area contributed by atoms with Crippen molar-refractivity contribution in [3.63, 3.8) is 0 Å². The molecule has 168 valence electrons. The summed E-state index contributed by atoms with van der Waals surface area (Å²) in [6, 6.07) is 2.48. The van der Waals surface area contributed by atoms with Crippen LogP contribution in [0, 0.1) is 5.92 Å². The summed E-state index contributed by atoms with van der Waals surface area (Å²) in [7, 11) is 0. The first-order valence-electron chi connectivity index (χ1n) is 11.8. The van der Waals surface area contributed by atoms with Crippen LogP contribution in [0.15, 0.2) is 12.3 Å². The van der Waals surface area contributed by atoms with Crippen LogP contribution >= 0.6 is 0 Å². The summed E-state index contributed by atoms with van der Waals surface area (Å²) in [6.45, 7) is 10.5. The molecule has 4 aliphatic rings. The van der Waals surface area contributed by atoms with Crippen molar-refractivity contribution in [3.05, 3.63) is 18.1 Å². The van der Waals surface area contributed by atoms with E-state index >= 15 is 0 Å². The monoisotopic (exact) mass is 433 g/mol. The number of hydrogen-bond donors (Lipinski definition) is 1. The highest BCUT2D eigenvalue weighted by Crippen LogP contribution is 2.45. The SMILES string of the molecule is CC(C)Oc1cc(-c2nc(N3CC4CC3C4)c3nc4n(c3n2)CCCC4(C)C)cnc1N. The zero-order valence-electron chi connectivity index (χ0n) is 19.3. The molecular formula is C24H31N7O. The van der Waals surface area contributed by atoms with Crippen LogP contribution in [0.1, 0.15) is 59.2 Å². The summed E-state index contributed by atoms with van der Waals surface area (Å²) in [4.78, 5) is 22.1. The molecule has 8 nitrogen and oxygen atoms in total. The maximum Gasteiger partial charge on any atom is 0.166 e. The van der Waals surface area contributed by atoms with Crippen LogP contribution in [-0.2, 0) is 12.0 Å². The van der Waals surface area contributed by atoms with E-state index in [1.807, 2.05) is 19.9 Å². The largest absolute Gasteiger partial charge is 0.487 e. The fourth-order valence-corrected chi connectivity index (χ4v) is 5.55. The van der Waals surface area contributed by atoms with E-state index in [1.165, 1.54) is 12.8 Å². The second kappa shape index (κ2) is 6.80. The third kappa shape index (κ3) is 2.95. The van der Waals surface area contributed by atoms with Gasteiger partial charge in [-0.3, -0.25) is 0 Å². The molecule has 7 rings (SSSR count). The highest BCUT2D eigenvalue weighted by Gasteiger charge is 2.45. The molecule has 0 spiro atoms. The molecule has 3 aromatic heterocycles. The van der Waals surface area contributed by atoms with Gasteiger partial charge in [-0.2, -0.15) is 0 Å². The van der Waals surface area contributed by atoms with E-state index in [1.54, 1.807) is 6.20 Å². The third-order valence-electron chi connectivity index (χ3n) is 7.25. The second-order valence-corrected chi connectivity index (χ2v) is 10.5. The summed E-state index contributed by atoms with van der Waals surface area (Å²) < 4.78 is 8.19. The van der Waals surface area contributed by atoms with Gasteiger partial charge in [0.05, 0.1) is 6.10 Å². The number of fused-ring (bicyclic) bond motifs is 4. The van der Waals surface area contributed by atoms with Crippen molar-refractivity contribution in [2.45, 2.75) is 77.5 Å². The van der Waals surface area contributed by atoms with Crippen molar-refractivity contribution in [1.82, 2.24) is 24.5 Å². The first-order chi connectivity index (χ1) is 15.3. The number of anilines is 2. The summed E-state index contributed by atoms with van der Waals surface area (Å²) in [5.74, 6) is 4.48. The van der Waals surface area contributed by atoms with Crippen LogP contribution in [0.4, 0.5) is 11.6 Å². The van der Waals surface area contributed by atoms with Crippen LogP contribution in [0.3, 0.4) is 0 Å². The minimum atomic E-state index is 0.00814. The van der Waals surface area contributed by atoms with Crippen LogP contribution < -0.4 is 15.4 Å². The van der Waals surface area contributed by atoms with Gasteiger partial charge in [0.15, 0.2) is 34.4 Å². The van der Waals surface area contributed by atoms with Gasteiger partial charge in [-0.15, -0.1) is 0 Å². The zero-order chi connectivity index (χ0) is 22.2. The lowest BCUT2D eigenvalue weighted by atomic mass is 9.84. The molecule has 8 heteroatoms. The predicted molar refractivity (Wildman–Crippen MR) is 125 cm³/mol. The first kappa shape index (κ1) is 19.8. The molecule has 0 unspecified atom stereocenters. The molecular weight excluding hydrogens is 402 g/mol. The van der Waals surface area contributed by atoms with Gasteiger partial charge in [-0.1, -0.05) is 13.8 Å². The molecule has 0 atom stereocenters. The van der Waals surface area contributed by atoms with Gasteiger partial charge in [0.1, 0.15) is 5.82 Å². The van der Waals surface area contributed by atoms with Gasteiger partial charge in [-0.25, -0.2) is 19.9 Å². The standard InChI is InChI=1S/C24H31N7O/c1-13(2)32-17-10-15(11-26-19(17)25)20-28-21-18(22(29-20)31-12-14-8-16(31)9-14)27-23-24(3,4)6-5-7-30(21)23/h10-11,13-14,16H,5-9,12H2,1-4H3,(H2,25,26). The Morgan fingerprint density at radius 3 is 2.72 bits per heavy atom. The number of ether oxygens (including phenoxy) is 1. The Kier molecular flexibility index (Phi) is 4.20. The number of aryl methyl sites for hydroxylation is 1. The lowest BCUT2D eigenvalue weighted by Gasteiger charge is -2.29. The van der Waals surface area contributed by atoms with E-state index in [0.717, 1.165) is 60.2 Å². The van der Waals surface area contributed by atoms with Crippen LogP contribution in [0.25, 0.3) is 22.6 Å². The van der Waals surface area contributed by atoms with Crippen LogP contribution in [0.2, 0.25) is 0 Å². The molecule has 0 amide bonds. The van der Waals surface area contributed by atoms with E-state index in [0.29, 0.717) is 23.4 Å². The smallest absolute Gasteiger partial charge is 0.166 e. The molecule has 0 aromatic carbocycles. The fraction of sp³-hybridized carbons (Fsp3) is 0.583. The van der Waals surface area contributed by atoms with Gasteiger partial charge in [0.2, 0.25) is 0 Å². The molecule has 3 aromatic rings. The van der Waals surface area contributed by atoms with Crippen molar-refractivity contribution in [3.8, 4) is 17.1 Å². The average Bonchev–Trinajstić information content (AvgIpc) is 3.41. The van der Waals surface area contributed by atoms with Gasteiger partial charge in [0.25, 0.3) is 0 Å². The highest BCUT2D eigenvalue weighted by atomic mass is 16.5. The van der Waals surface area contributed by atoms with E-state index in [-0.39, 0.29) is 11.5 Å². The Morgan fingerprint density at radius 2 is 2.00 bits per heavy atom. The molecule has 0 radical (unpaired) electrons. The number of rotatable bonds is 4. The molecule has 32 heavy (non-hydrogen) atoms. The van der Waals surface area contributed by atoms with Crippen LogP contribution in [0.5, 0.6) is 5.75 Å². The molecule has 1 saturated carbocycles. The summed E-state index contributed by atoms with van der Waals surface area (Å²) in [5, 5.41) is 0. The average molecular weight is 434 g/mol. The third-order valence-corrected chi connectivity index (χ3v) is 7.25. The summed E-state index contributed by atoms with van der Waals surface area (Å²) in [5.41, 5.74) is 8.78. The molecule has 2 N–H and O–H groups in total. The van der Waals surface area contributed by atoms with Crippen molar-refractivity contribution in [1.29, 1.82) is 0 Å². The highest BCUT2D eigenvalue weighted by molar-refractivity contribution is 5.87. The number of pyridine rings is 1. The van der Waals surface area contributed by atoms with Gasteiger partial charge >= 0.3 is 0 Å². The number of imidazole rings is 1. The van der Waals surface area contributed by atoms with E-state index in [9.17, 15) is 0 Å². The van der Waals surface area contributed by atoms with Gasteiger partial charge in [0, 0.05) is 36.3 Å². The Morgan fingerprint density at radius 1 is 1.19 bits per heavy atom. The van der Waals surface area contributed by atoms with Gasteiger partial charge < -0.3 is 19.9 Å². The Bertz CT molecular complexity index is 1210. The molecule has 2 bridgehead atoms. The molecule has 3 fully saturated rings. The molecule has 1 aliphatic carbocycles. The Labute approximate surface area is 188 Å². The van der Waals surface area contributed by atoms with Crippen molar-refractivity contribution < 1.29 is 4.74 Å². The Balaban J connectivity index is 1.55. The maximum absolute atomic E-state index is 6.06. The first-order valence-corrected chi connectivity index (χ1v) is 11.8. The second-order valence-electron chi connectivity index (χ2n) is 10.5. The van der Waals surface area contributed by atoms with Crippen LogP contribution in [-0.4, -0.2) is 43.2 Å². The summed E-state index contributed by atoms with van der Waals surface area (Å²) >= 11 is 0. The maximum atomic E-state index is 6.06. The number of hydrogen-bond acceptors (Lipinski definition) is 7. The van der Waals surface area contributed by atoms with E-state index in [2.05, 4.69) is 28.3 Å². The number of nitrogen functional groups attached to an aromatic ring is 1. The topological polar surface area (TPSA) is 95.0 Å². The lowest BCUT2D eigenvalue weighted by molar-refractivity contribution is 0.243. The quantitative estimate of drug-likeness (QED) is 0.666. The van der Waals surface area contributed by atoms with Crippen molar-refractivity contribution in [2.75, 3.05) is 17.2 Å². The number of aromatic nitrogens is 5. The minimum Gasteiger partial charge on any atom is -0.487 e. The fourth-order valence-electron chi connectivity index (χ4n) is 5.55. The molecule has 3 aliphatic heterocycles. The van der Waals surface area contributed by atoms with E-state index in [4.69, 9.17) is 25.4 Å². The molecule has 2 saturated heterocycles. The van der Waals surface area contributed by atoms with Gasteiger partial charge in [-0.05, 0) is 51.5 Å². The zero-order valence-corrected chi connectivity index (χ0v) is 19.3. The number of nitrogens with two attached hydrogens (primary N) is 1. The number of nitrogens with zero attached hydrogens (tertiary/aromatic N) is 6. The van der Waals surface area contributed by atoms with Crippen molar-refractivity contribution >= 4 is 22.8 Å². The minimum absolute atomic E-state index is 0.00814. The van der Waals surface area contributed by atoms with E-state index < -0.39 is 0 Å². The molecule has 6 heterocycles.